The van der Waals surface area contributed by atoms with E-state index in [1.165, 1.54) is 9.13 Å². The second kappa shape index (κ2) is 23.8. The first-order valence-corrected chi connectivity index (χ1v) is 19.2. The van der Waals surface area contributed by atoms with Gasteiger partial charge in [0.25, 0.3) is 17.6 Å². The first-order chi connectivity index (χ1) is 27.9. The zero-order valence-corrected chi connectivity index (χ0v) is 35.7. The first-order valence-electron chi connectivity index (χ1n) is 19.2. The molecule has 6 rings (SSSR count). The fourth-order valence-electron chi connectivity index (χ4n) is 6.63. The molecular formula is C43H53LiN6O11. The molecule has 6 aromatic rings. The molecule has 4 N–H and O–H groups in total. The Bertz CT molecular complexity index is 2610. The van der Waals surface area contributed by atoms with Gasteiger partial charge in [0.15, 0.2) is 0 Å². The minimum absolute atomic E-state index is 0. The molecule has 0 saturated heterocycles. The smallest absolute Gasteiger partial charge is 0.870 e. The van der Waals surface area contributed by atoms with Crippen LogP contribution in [0.2, 0.25) is 0 Å². The Balaban J connectivity index is 0.000000401. The van der Waals surface area contributed by atoms with E-state index in [-0.39, 0.29) is 68.3 Å². The molecule has 0 unspecified atom stereocenters. The number of aryl methyl sites for hydroxylation is 2. The van der Waals surface area contributed by atoms with E-state index in [4.69, 9.17) is 14.6 Å². The summed E-state index contributed by atoms with van der Waals surface area (Å²) >= 11 is 0. The van der Waals surface area contributed by atoms with Crippen LogP contribution >= 0.6 is 0 Å². The van der Waals surface area contributed by atoms with Crippen LogP contribution in [0, 0.1) is 0 Å². The van der Waals surface area contributed by atoms with Gasteiger partial charge in [-0.25, -0.2) is 19.6 Å². The average Bonchev–Trinajstić information content (AvgIpc) is 3.20. The number of aliphatic hydroxyl groups is 1. The van der Waals surface area contributed by atoms with E-state index in [0.29, 0.717) is 76.8 Å². The summed E-state index contributed by atoms with van der Waals surface area (Å²) in [5, 5.41) is 9.86. The number of nitrogens with zero attached hydrogens (tertiary/aromatic N) is 6. The summed E-state index contributed by atoms with van der Waals surface area (Å²) in [5.74, 6) is 1.06. The number of aliphatic hydroxyl groups excluding tert-OH is 1. The molecular weight excluding hydrogens is 783 g/mol. The molecule has 61 heavy (non-hydrogen) atoms. The topological polar surface area (TPSA) is 240 Å². The Morgan fingerprint density at radius 1 is 0.672 bits per heavy atom. The number of rotatable bonds is 16. The number of carbonyl (C=O) groups excluding carboxylic acids is 1. The standard InChI is InChI=1S/C22H25N3O5.C21H25N3O4.Li.2H2O/c1-15(2)30-18-13-23-20-19(17(18)12-16-8-5-4-6-9-16)21(27)25(22(28)24(20)3)10-7-11-29-14-26;1-14(2)28-17-13-22-19-18(16(17)12-15-8-5-4-6-9-15)20(26)24(10-7-11-25)21(27)23(19)3;;;/h4-6,8-9,13-15H,7,10-12H2,1-3H3;4-6,8-9,13-14,25H,7,10-12H2,1-3H3;;2*1H2/q;;+1;;/p-1. The fraction of sp³-hybridized carbons (Fsp3) is 0.372. The van der Waals surface area contributed by atoms with Crippen LogP contribution in [-0.2, 0) is 49.6 Å². The quantitative estimate of drug-likeness (QED) is 0.0764. The van der Waals surface area contributed by atoms with Crippen LogP contribution in [0.5, 0.6) is 11.5 Å². The number of hydrogen-bond donors (Lipinski definition) is 1. The monoisotopic (exact) mass is 836 g/mol. The van der Waals surface area contributed by atoms with Crippen LogP contribution in [0.4, 0.5) is 0 Å². The second-order valence-electron chi connectivity index (χ2n) is 14.3. The third-order valence-electron chi connectivity index (χ3n) is 9.27. The third kappa shape index (κ3) is 12.1. The molecule has 0 aliphatic carbocycles. The van der Waals surface area contributed by atoms with Gasteiger partial charge in [-0.15, -0.1) is 0 Å². The number of ether oxygens (including phenoxy) is 3. The minimum atomic E-state index is -0.464. The molecule has 0 radical (unpaired) electrons. The average molecular weight is 837 g/mol. The Morgan fingerprint density at radius 3 is 1.43 bits per heavy atom. The maximum atomic E-state index is 13.4. The number of carbonyl (C=O) groups is 1. The molecule has 2 aromatic carbocycles. The van der Waals surface area contributed by atoms with Crippen LogP contribution in [0.15, 0.2) is 92.2 Å². The summed E-state index contributed by atoms with van der Waals surface area (Å²) in [7, 11) is 3.19. The van der Waals surface area contributed by atoms with E-state index in [2.05, 4.69) is 14.7 Å². The van der Waals surface area contributed by atoms with Gasteiger partial charge >= 0.3 is 30.2 Å². The van der Waals surface area contributed by atoms with Gasteiger partial charge in [0.2, 0.25) is 0 Å². The molecule has 0 bridgehead atoms. The van der Waals surface area contributed by atoms with Crippen molar-refractivity contribution in [3.8, 4) is 11.5 Å². The number of aromatic nitrogens is 6. The van der Waals surface area contributed by atoms with Gasteiger partial charge in [0.05, 0.1) is 42.0 Å². The van der Waals surface area contributed by atoms with Gasteiger partial charge in [-0.05, 0) is 51.7 Å². The normalized spacial score (nSPS) is 10.6. The summed E-state index contributed by atoms with van der Waals surface area (Å²) in [5.41, 5.74) is 2.35. The van der Waals surface area contributed by atoms with E-state index in [1.807, 2.05) is 88.4 Å². The van der Waals surface area contributed by atoms with Gasteiger partial charge in [-0.3, -0.25) is 32.7 Å². The van der Waals surface area contributed by atoms with Crippen molar-refractivity contribution in [3.05, 3.63) is 137 Å². The summed E-state index contributed by atoms with van der Waals surface area (Å²) in [6.45, 7) is 8.30. The van der Waals surface area contributed by atoms with Crippen LogP contribution in [0.25, 0.3) is 22.1 Å². The number of benzene rings is 2. The molecule has 0 amide bonds. The Kier molecular flexibility index (Phi) is 20.0. The molecule has 0 aliphatic heterocycles. The van der Waals surface area contributed by atoms with Crippen LogP contribution < -0.4 is 50.8 Å². The van der Waals surface area contributed by atoms with Crippen molar-refractivity contribution in [2.24, 2.45) is 14.1 Å². The largest absolute Gasteiger partial charge is 1.00 e. The van der Waals surface area contributed by atoms with E-state index >= 15 is 0 Å². The van der Waals surface area contributed by atoms with E-state index < -0.39 is 22.5 Å². The van der Waals surface area contributed by atoms with E-state index in [1.54, 1.807) is 26.5 Å². The van der Waals surface area contributed by atoms with Gasteiger partial charge in [-0.1, -0.05) is 60.7 Å². The predicted molar refractivity (Wildman–Crippen MR) is 226 cm³/mol. The third-order valence-corrected chi connectivity index (χ3v) is 9.27. The molecule has 4 aromatic heterocycles. The molecule has 0 atom stereocenters. The molecule has 18 heteroatoms. The van der Waals surface area contributed by atoms with E-state index in [9.17, 15) is 24.0 Å². The second-order valence-corrected chi connectivity index (χ2v) is 14.3. The Hall–Kier alpha value is -5.83. The molecule has 0 fully saturated rings. The molecule has 0 spiro atoms. The van der Waals surface area contributed by atoms with Crippen molar-refractivity contribution in [2.45, 2.75) is 78.7 Å². The molecule has 0 saturated carbocycles. The van der Waals surface area contributed by atoms with Crippen molar-refractivity contribution in [1.29, 1.82) is 0 Å². The van der Waals surface area contributed by atoms with Crippen molar-refractivity contribution < 1.29 is 53.9 Å². The van der Waals surface area contributed by atoms with Gasteiger partial charge in [-0.2, -0.15) is 0 Å². The molecule has 17 nitrogen and oxygen atoms in total. The number of hydrogen-bond acceptors (Lipinski definition) is 12. The van der Waals surface area contributed by atoms with Crippen molar-refractivity contribution in [2.75, 3.05) is 13.2 Å². The van der Waals surface area contributed by atoms with Crippen molar-refractivity contribution in [1.82, 2.24) is 28.2 Å². The van der Waals surface area contributed by atoms with E-state index in [0.717, 1.165) is 20.3 Å². The molecule has 0 aliphatic rings. The maximum absolute atomic E-state index is 13.4. The Labute approximate surface area is 364 Å². The molecule has 322 valence electrons. The summed E-state index contributed by atoms with van der Waals surface area (Å²) in [4.78, 5) is 71.0. The zero-order valence-electron chi connectivity index (χ0n) is 35.7. The van der Waals surface area contributed by atoms with Crippen LogP contribution in [0.1, 0.15) is 62.8 Å². The molecule has 4 heterocycles. The van der Waals surface area contributed by atoms with Gasteiger partial charge < -0.3 is 30.3 Å². The SMILES string of the molecule is CC(C)Oc1cnc2c(c1Cc1ccccc1)c(=O)n(CCCO)c(=O)n2C.CC(C)Oc1cnc2c(c1Cc1ccccc1)c(=O)n(CCCOC=O)c(=O)n2C.O.[Li+].[OH-]. The van der Waals surface area contributed by atoms with Crippen LogP contribution in [0.3, 0.4) is 0 Å². The zero-order chi connectivity index (χ0) is 41.9. The van der Waals surface area contributed by atoms with Crippen molar-refractivity contribution >= 4 is 28.5 Å². The Morgan fingerprint density at radius 2 is 1.07 bits per heavy atom. The minimum Gasteiger partial charge on any atom is -0.870 e. The number of fused-ring (bicyclic) bond motifs is 2. The first kappa shape index (κ1) is 51.3. The van der Waals surface area contributed by atoms with Crippen LogP contribution in [-0.4, -0.2) is 76.2 Å². The summed E-state index contributed by atoms with van der Waals surface area (Å²) < 4.78 is 21.6. The number of pyridine rings is 2. The maximum Gasteiger partial charge on any atom is 1.00 e. The van der Waals surface area contributed by atoms with Crippen molar-refractivity contribution in [3.63, 3.8) is 0 Å². The summed E-state index contributed by atoms with van der Waals surface area (Å²) in [6, 6.07) is 19.5. The summed E-state index contributed by atoms with van der Waals surface area (Å²) in [6.07, 6.45) is 4.58. The predicted octanol–water partition coefficient (Wildman–Crippen LogP) is -0.106. The van der Waals surface area contributed by atoms with Gasteiger partial charge in [0, 0.05) is 57.8 Å². The van der Waals surface area contributed by atoms with Gasteiger partial charge in [0.1, 0.15) is 22.8 Å². The fourth-order valence-corrected chi connectivity index (χ4v) is 6.63.